The van der Waals surface area contributed by atoms with E-state index in [0.29, 0.717) is 24.9 Å². The van der Waals surface area contributed by atoms with Crippen LogP contribution in [0.2, 0.25) is 0 Å². The molecule has 5 aliphatic heterocycles. The molecule has 122 valence electrons. The van der Waals surface area contributed by atoms with Crippen molar-refractivity contribution in [1.29, 1.82) is 0 Å². The molecule has 5 aliphatic rings. The monoisotopic (exact) mass is 312 g/mol. The molecule has 4 nitrogen and oxygen atoms in total. The van der Waals surface area contributed by atoms with E-state index in [1.807, 2.05) is 18.2 Å². The number of nitrogens with zero attached hydrogens (tertiary/aromatic N) is 1. The molecule has 0 amide bonds. The minimum absolute atomic E-state index is 0.220. The normalized spacial score (nSPS) is 47.0. The maximum Gasteiger partial charge on any atom is 0.187 e. The SMILES string of the molecule is C=C[C@H]1CN2CC[C@H]1C[C@@H]2[C@@]12Nc3ccccc3[C@]1(O)CCO2. The molecular weight excluding hydrogens is 288 g/mol. The van der Waals surface area contributed by atoms with Gasteiger partial charge in [0.15, 0.2) is 5.72 Å². The highest BCUT2D eigenvalue weighted by Gasteiger charge is 2.67. The molecule has 1 aromatic carbocycles. The Labute approximate surface area is 137 Å². The summed E-state index contributed by atoms with van der Waals surface area (Å²) in [6.07, 6.45) is 5.08. The lowest BCUT2D eigenvalue weighted by atomic mass is 9.70. The smallest absolute Gasteiger partial charge is 0.187 e. The molecule has 2 bridgehead atoms. The summed E-state index contributed by atoms with van der Waals surface area (Å²) in [6.45, 7) is 6.76. The van der Waals surface area contributed by atoms with Gasteiger partial charge in [-0.15, -0.1) is 6.58 Å². The van der Waals surface area contributed by atoms with Crippen LogP contribution in [-0.2, 0) is 10.3 Å². The number of piperidine rings is 3. The van der Waals surface area contributed by atoms with Gasteiger partial charge in [-0.3, -0.25) is 4.90 Å². The molecule has 0 spiro atoms. The van der Waals surface area contributed by atoms with Crippen LogP contribution >= 0.6 is 0 Å². The summed E-state index contributed by atoms with van der Waals surface area (Å²) in [6, 6.07) is 8.35. The molecule has 0 aliphatic carbocycles. The van der Waals surface area contributed by atoms with Crippen LogP contribution in [-0.4, -0.2) is 41.5 Å². The van der Waals surface area contributed by atoms with Crippen molar-refractivity contribution in [3.63, 3.8) is 0 Å². The van der Waals surface area contributed by atoms with E-state index < -0.39 is 11.3 Å². The number of nitrogens with one attached hydrogen (secondary N) is 1. The van der Waals surface area contributed by atoms with Gasteiger partial charge in [-0.25, -0.2) is 0 Å². The molecule has 5 heterocycles. The number of hydrogen-bond donors (Lipinski definition) is 2. The third-order valence-electron chi connectivity index (χ3n) is 6.68. The van der Waals surface area contributed by atoms with Crippen molar-refractivity contribution in [2.45, 2.75) is 36.6 Å². The molecule has 0 aromatic heterocycles. The number of hydrogen-bond acceptors (Lipinski definition) is 4. The number of ether oxygens (including phenoxy) is 1. The van der Waals surface area contributed by atoms with E-state index in [4.69, 9.17) is 4.74 Å². The second-order valence-corrected chi connectivity index (χ2v) is 7.56. The van der Waals surface area contributed by atoms with Gasteiger partial charge in [0.25, 0.3) is 0 Å². The van der Waals surface area contributed by atoms with Crippen molar-refractivity contribution < 1.29 is 9.84 Å². The number of anilines is 1. The molecule has 4 heteroatoms. The Morgan fingerprint density at radius 3 is 3.04 bits per heavy atom. The fourth-order valence-corrected chi connectivity index (χ4v) is 5.51. The Bertz CT molecular complexity index is 663. The first-order valence-electron chi connectivity index (χ1n) is 8.78. The molecule has 0 saturated carbocycles. The zero-order valence-electron chi connectivity index (χ0n) is 13.4. The summed E-state index contributed by atoms with van der Waals surface area (Å²) in [5.41, 5.74) is 0.412. The Morgan fingerprint density at radius 2 is 2.26 bits per heavy atom. The summed E-state index contributed by atoms with van der Waals surface area (Å²) in [4.78, 5) is 2.52. The number of rotatable bonds is 2. The van der Waals surface area contributed by atoms with Gasteiger partial charge in [-0.2, -0.15) is 0 Å². The summed E-state index contributed by atoms with van der Waals surface area (Å²) in [5.74, 6) is 1.24. The fourth-order valence-electron chi connectivity index (χ4n) is 5.51. The summed E-state index contributed by atoms with van der Waals surface area (Å²) >= 11 is 0. The van der Waals surface area contributed by atoms with Gasteiger partial charge in [0.05, 0.1) is 12.6 Å². The van der Waals surface area contributed by atoms with Gasteiger partial charge in [0.2, 0.25) is 0 Å². The van der Waals surface area contributed by atoms with Crippen molar-refractivity contribution in [3.8, 4) is 0 Å². The van der Waals surface area contributed by atoms with Crippen LogP contribution in [0.15, 0.2) is 36.9 Å². The van der Waals surface area contributed by atoms with Crippen LogP contribution in [0.1, 0.15) is 24.8 Å². The van der Waals surface area contributed by atoms with Crippen LogP contribution in [0.3, 0.4) is 0 Å². The standard InChI is InChI=1S/C19H24N2O2/c1-2-13-12-21-9-7-14(13)11-17(21)19-18(22,8-10-23-19)15-5-3-4-6-16(15)20-19/h2-6,13-14,17,20,22H,1,7-12H2/t13-,14-,17+,18+,19-/m0/s1. The van der Waals surface area contributed by atoms with Gasteiger partial charge >= 0.3 is 0 Å². The minimum atomic E-state index is -0.921. The summed E-state index contributed by atoms with van der Waals surface area (Å²) in [7, 11) is 0. The lowest BCUT2D eigenvalue weighted by molar-refractivity contribution is -0.168. The molecule has 6 atom stereocenters. The predicted molar refractivity (Wildman–Crippen MR) is 89.0 cm³/mol. The highest BCUT2D eigenvalue weighted by atomic mass is 16.5. The van der Waals surface area contributed by atoms with Crippen LogP contribution in [0.25, 0.3) is 0 Å². The maximum atomic E-state index is 11.6. The zero-order valence-corrected chi connectivity index (χ0v) is 13.4. The summed E-state index contributed by atoms with van der Waals surface area (Å²) < 4.78 is 6.28. The average Bonchev–Trinajstić information content (AvgIpc) is 3.05. The maximum absolute atomic E-state index is 11.6. The van der Waals surface area contributed by atoms with Gasteiger partial charge in [0.1, 0.15) is 5.60 Å². The van der Waals surface area contributed by atoms with Crippen molar-refractivity contribution in [1.82, 2.24) is 4.90 Å². The van der Waals surface area contributed by atoms with E-state index in [-0.39, 0.29) is 6.04 Å². The molecule has 2 N–H and O–H groups in total. The number of benzene rings is 1. The molecule has 6 rings (SSSR count). The quantitative estimate of drug-likeness (QED) is 0.823. The second kappa shape index (κ2) is 4.59. The van der Waals surface area contributed by atoms with Crippen LogP contribution < -0.4 is 5.32 Å². The number of aliphatic hydroxyl groups is 1. The molecule has 0 radical (unpaired) electrons. The summed E-state index contributed by atoms with van der Waals surface area (Å²) in [5, 5.41) is 15.2. The van der Waals surface area contributed by atoms with Crippen LogP contribution in [0, 0.1) is 11.8 Å². The first-order valence-corrected chi connectivity index (χ1v) is 8.78. The first-order chi connectivity index (χ1) is 11.2. The van der Waals surface area contributed by atoms with Crippen LogP contribution in [0.4, 0.5) is 5.69 Å². The molecular formula is C19H24N2O2. The third kappa shape index (κ3) is 1.61. The van der Waals surface area contributed by atoms with E-state index in [0.717, 1.165) is 30.8 Å². The Kier molecular flexibility index (Phi) is 2.80. The van der Waals surface area contributed by atoms with E-state index in [1.165, 1.54) is 6.42 Å². The van der Waals surface area contributed by atoms with Crippen molar-refractivity contribution >= 4 is 5.69 Å². The van der Waals surface area contributed by atoms with Crippen molar-refractivity contribution in [2.75, 3.05) is 25.0 Å². The molecule has 1 unspecified atom stereocenters. The largest absolute Gasteiger partial charge is 0.380 e. The van der Waals surface area contributed by atoms with Gasteiger partial charge in [-0.05, 0) is 37.3 Å². The highest BCUT2D eigenvalue weighted by molar-refractivity contribution is 5.63. The molecule has 1 aromatic rings. The Balaban J connectivity index is 1.57. The van der Waals surface area contributed by atoms with E-state index in [1.54, 1.807) is 0 Å². The topological polar surface area (TPSA) is 44.7 Å². The van der Waals surface area contributed by atoms with Gasteiger partial charge in [-0.1, -0.05) is 24.3 Å². The van der Waals surface area contributed by atoms with Gasteiger partial charge in [0, 0.05) is 24.2 Å². The number of fused-ring (bicyclic) bond motifs is 7. The number of para-hydroxylation sites is 1. The molecule has 23 heavy (non-hydrogen) atoms. The second-order valence-electron chi connectivity index (χ2n) is 7.56. The molecule has 4 fully saturated rings. The van der Waals surface area contributed by atoms with Gasteiger partial charge < -0.3 is 15.2 Å². The first kappa shape index (κ1) is 14.0. The van der Waals surface area contributed by atoms with Crippen molar-refractivity contribution in [3.05, 3.63) is 42.5 Å². The lowest BCUT2D eigenvalue weighted by Crippen LogP contribution is -2.68. The zero-order chi connectivity index (χ0) is 15.7. The third-order valence-corrected chi connectivity index (χ3v) is 6.68. The average molecular weight is 312 g/mol. The highest BCUT2D eigenvalue weighted by Crippen LogP contribution is 2.57. The van der Waals surface area contributed by atoms with E-state index in [2.05, 4.69) is 28.9 Å². The lowest BCUT2D eigenvalue weighted by Gasteiger charge is -2.55. The fraction of sp³-hybridized carbons (Fsp3) is 0.579. The van der Waals surface area contributed by atoms with Crippen LogP contribution in [0.5, 0.6) is 0 Å². The molecule has 4 saturated heterocycles. The minimum Gasteiger partial charge on any atom is -0.380 e. The Morgan fingerprint density at radius 1 is 1.39 bits per heavy atom. The van der Waals surface area contributed by atoms with Crippen molar-refractivity contribution in [2.24, 2.45) is 11.8 Å². The van der Waals surface area contributed by atoms with E-state index in [9.17, 15) is 5.11 Å². The Hall–Kier alpha value is -1.36. The predicted octanol–water partition coefficient (Wildman–Crippen LogP) is 2.31. The van der Waals surface area contributed by atoms with E-state index >= 15 is 0 Å².